The van der Waals surface area contributed by atoms with Crippen LogP contribution in [0.15, 0.2) is 12.1 Å². The zero-order chi connectivity index (χ0) is 13.9. The Morgan fingerprint density at radius 3 is 2.44 bits per heavy atom. The summed E-state index contributed by atoms with van der Waals surface area (Å²) in [5.41, 5.74) is -3.20. The zero-order valence-corrected chi connectivity index (χ0v) is 9.04. The van der Waals surface area contributed by atoms with Crippen molar-refractivity contribution in [2.45, 2.75) is 6.18 Å². The number of carbonyl (C=O) groups is 2. The summed E-state index contributed by atoms with van der Waals surface area (Å²) in [6.07, 6.45) is -4.91. The number of hydrogen-bond acceptors (Lipinski definition) is 4. The van der Waals surface area contributed by atoms with Crippen LogP contribution in [-0.2, 0) is 10.9 Å². The van der Waals surface area contributed by atoms with Crippen molar-refractivity contribution in [2.75, 3.05) is 7.11 Å². The molecular formula is C11H6F3NO3. The molecule has 94 valence electrons. The van der Waals surface area contributed by atoms with Gasteiger partial charge < -0.3 is 4.74 Å². The number of nitriles is 1. The zero-order valence-electron chi connectivity index (χ0n) is 9.04. The molecule has 0 bridgehead atoms. The van der Waals surface area contributed by atoms with Crippen LogP contribution in [0.25, 0.3) is 0 Å². The lowest BCUT2D eigenvalue weighted by Gasteiger charge is -2.12. The van der Waals surface area contributed by atoms with E-state index in [4.69, 9.17) is 5.26 Å². The van der Waals surface area contributed by atoms with Gasteiger partial charge in [0.05, 0.1) is 23.8 Å². The van der Waals surface area contributed by atoms with Gasteiger partial charge in [-0.2, -0.15) is 18.4 Å². The summed E-state index contributed by atoms with van der Waals surface area (Å²) in [5, 5.41) is 8.72. The molecule has 0 N–H and O–H groups in total. The molecule has 1 aromatic carbocycles. The van der Waals surface area contributed by atoms with Crippen LogP contribution in [0.3, 0.4) is 0 Å². The average molecular weight is 257 g/mol. The summed E-state index contributed by atoms with van der Waals surface area (Å²) in [6.45, 7) is 0. The summed E-state index contributed by atoms with van der Waals surface area (Å²) in [5.74, 6) is -1.17. The Kier molecular flexibility index (Phi) is 3.71. The molecule has 0 radical (unpaired) electrons. The largest absolute Gasteiger partial charge is 0.465 e. The van der Waals surface area contributed by atoms with Gasteiger partial charge in [0.1, 0.15) is 6.07 Å². The molecule has 0 aliphatic carbocycles. The summed E-state index contributed by atoms with van der Waals surface area (Å²) in [7, 11) is 0.943. The van der Waals surface area contributed by atoms with E-state index < -0.39 is 28.8 Å². The van der Waals surface area contributed by atoms with Crippen LogP contribution in [0, 0.1) is 11.3 Å². The van der Waals surface area contributed by atoms with Crippen LogP contribution in [-0.4, -0.2) is 19.4 Å². The maximum atomic E-state index is 12.6. The number of alkyl halides is 3. The fourth-order valence-electron chi connectivity index (χ4n) is 1.40. The number of methoxy groups -OCH3 is 1. The number of ether oxygens (including phenoxy) is 1. The van der Waals surface area contributed by atoms with E-state index in [0.717, 1.165) is 13.2 Å². The lowest BCUT2D eigenvalue weighted by molar-refractivity contribution is -0.137. The molecule has 18 heavy (non-hydrogen) atoms. The Labute approximate surface area is 99.6 Å². The number of halogens is 3. The number of aldehydes is 1. The monoisotopic (exact) mass is 257 g/mol. The smallest absolute Gasteiger partial charge is 0.417 e. The molecule has 0 aromatic heterocycles. The lowest BCUT2D eigenvalue weighted by atomic mass is 9.97. The average Bonchev–Trinajstić information content (AvgIpc) is 2.34. The van der Waals surface area contributed by atoms with E-state index in [1.54, 1.807) is 0 Å². The molecule has 0 amide bonds. The third kappa shape index (κ3) is 2.32. The standard InChI is InChI=1S/C11H6F3NO3/c1-18-10(17)9-6(4-15)2-3-8(7(9)5-16)11(12,13)14/h2-3,5H,1H3. The fourth-order valence-corrected chi connectivity index (χ4v) is 1.40. The van der Waals surface area contributed by atoms with Crippen LogP contribution in [0.1, 0.15) is 31.8 Å². The molecule has 0 unspecified atom stereocenters. The second-order valence-electron chi connectivity index (χ2n) is 3.17. The Morgan fingerprint density at radius 1 is 1.44 bits per heavy atom. The topological polar surface area (TPSA) is 67.2 Å². The molecule has 0 heterocycles. The van der Waals surface area contributed by atoms with Gasteiger partial charge in [-0.25, -0.2) is 4.79 Å². The normalized spacial score (nSPS) is 10.6. The summed E-state index contributed by atoms with van der Waals surface area (Å²) in [4.78, 5) is 22.1. The van der Waals surface area contributed by atoms with Crippen molar-refractivity contribution in [1.29, 1.82) is 5.26 Å². The van der Waals surface area contributed by atoms with E-state index in [2.05, 4.69) is 4.74 Å². The van der Waals surface area contributed by atoms with E-state index in [0.29, 0.717) is 6.07 Å². The summed E-state index contributed by atoms with van der Waals surface area (Å²) in [6, 6.07) is 2.94. The van der Waals surface area contributed by atoms with Gasteiger partial charge in [0.15, 0.2) is 6.29 Å². The molecule has 7 heteroatoms. The predicted molar refractivity (Wildman–Crippen MR) is 52.9 cm³/mol. The van der Waals surface area contributed by atoms with Gasteiger partial charge in [0.25, 0.3) is 0 Å². The number of nitrogens with zero attached hydrogens (tertiary/aromatic N) is 1. The SMILES string of the molecule is COC(=O)c1c(C#N)ccc(C(F)(F)F)c1C=O. The lowest BCUT2D eigenvalue weighted by Crippen LogP contribution is -2.16. The minimum absolute atomic E-state index is 0.115. The van der Waals surface area contributed by atoms with Crippen molar-refractivity contribution >= 4 is 12.3 Å². The molecule has 0 saturated carbocycles. The molecular weight excluding hydrogens is 251 g/mol. The van der Waals surface area contributed by atoms with Crippen LogP contribution in [0.4, 0.5) is 13.2 Å². The number of esters is 1. The first-order valence-corrected chi connectivity index (χ1v) is 4.54. The van der Waals surface area contributed by atoms with E-state index >= 15 is 0 Å². The minimum Gasteiger partial charge on any atom is -0.465 e. The highest BCUT2D eigenvalue weighted by Crippen LogP contribution is 2.33. The van der Waals surface area contributed by atoms with Gasteiger partial charge in [0.2, 0.25) is 0 Å². The van der Waals surface area contributed by atoms with Crippen molar-refractivity contribution in [2.24, 2.45) is 0 Å². The first-order valence-electron chi connectivity index (χ1n) is 4.54. The molecule has 0 aliphatic heterocycles. The van der Waals surface area contributed by atoms with Crippen molar-refractivity contribution < 1.29 is 27.5 Å². The van der Waals surface area contributed by atoms with Crippen LogP contribution in [0.5, 0.6) is 0 Å². The second kappa shape index (κ2) is 4.87. The van der Waals surface area contributed by atoms with E-state index in [-0.39, 0.29) is 11.8 Å². The molecule has 1 aromatic rings. The third-order valence-electron chi connectivity index (χ3n) is 2.18. The van der Waals surface area contributed by atoms with Gasteiger partial charge in [0, 0.05) is 5.56 Å². The molecule has 1 rings (SSSR count). The summed E-state index contributed by atoms with van der Waals surface area (Å²) < 4.78 is 42.1. The maximum absolute atomic E-state index is 12.6. The first kappa shape index (κ1) is 13.7. The van der Waals surface area contributed by atoms with Gasteiger partial charge in [-0.15, -0.1) is 0 Å². The first-order chi connectivity index (χ1) is 8.36. The Bertz CT molecular complexity index is 544. The number of hydrogen-bond donors (Lipinski definition) is 0. The predicted octanol–water partition coefficient (Wildman–Crippen LogP) is 2.18. The minimum atomic E-state index is -4.80. The van der Waals surface area contributed by atoms with Gasteiger partial charge in [-0.3, -0.25) is 4.79 Å². The van der Waals surface area contributed by atoms with Gasteiger partial charge >= 0.3 is 12.1 Å². The second-order valence-corrected chi connectivity index (χ2v) is 3.17. The Balaban J connectivity index is 3.70. The van der Waals surface area contributed by atoms with E-state index in [1.807, 2.05) is 0 Å². The van der Waals surface area contributed by atoms with Gasteiger partial charge in [-0.05, 0) is 12.1 Å². The summed E-state index contributed by atoms with van der Waals surface area (Å²) >= 11 is 0. The van der Waals surface area contributed by atoms with Crippen molar-refractivity contribution in [3.8, 4) is 6.07 Å². The Hall–Kier alpha value is -2.36. The molecule has 0 aliphatic rings. The molecule has 0 saturated heterocycles. The number of benzene rings is 1. The fraction of sp³-hybridized carbons (Fsp3) is 0.182. The van der Waals surface area contributed by atoms with Crippen LogP contribution < -0.4 is 0 Å². The van der Waals surface area contributed by atoms with Crippen molar-refractivity contribution in [3.05, 3.63) is 34.4 Å². The number of rotatable bonds is 2. The highest BCUT2D eigenvalue weighted by molar-refractivity contribution is 6.01. The highest BCUT2D eigenvalue weighted by Gasteiger charge is 2.36. The molecule has 0 spiro atoms. The quantitative estimate of drug-likeness (QED) is 0.601. The third-order valence-corrected chi connectivity index (χ3v) is 2.18. The molecule has 0 atom stereocenters. The van der Waals surface area contributed by atoms with E-state index in [1.165, 1.54) is 6.07 Å². The van der Waals surface area contributed by atoms with E-state index in [9.17, 15) is 22.8 Å². The van der Waals surface area contributed by atoms with Crippen LogP contribution in [0.2, 0.25) is 0 Å². The molecule has 4 nitrogen and oxygen atoms in total. The van der Waals surface area contributed by atoms with Crippen molar-refractivity contribution in [3.63, 3.8) is 0 Å². The van der Waals surface area contributed by atoms with Crippen molar-refractivity contribution in [1.82, 2.24) is 0 Å². The maximum Gasteiger partial charge on any atom is 0.417 e. The highest BCUT2D eigenvalue weighted by atomic mass is 19.4. The van der Waals surface area contributed by atoms with Crippen LogP contribution >= 0.6 is 0 Å². The Morgan fingerprint density at radius 2 is 2.06 bits per heavy atom. The molecule has 0 fully saturated rings. The number of carbonyl (C=O) groups excluding carboxylic acids is 2. The van der Waals surface area contributed by atoms with Gasteiger partial charge in [-0.1, -0.05) is 0 Å².